The first-order valence-electron chi connectivity index (χ1n) is 3.40. The Morgan fingerprint density at radius 3 is 2.69 bits per heavy atom. The number of rotatable bonds is 4. The van der Waals surface area contributed by atoms with Gasteiger partial charge in [0.25, 0.3) is 0 Å². The van der Waals surface area contributed by atoms with E-state index < -0.39 is 13.0 Å². The van der Waals surface area contributed by atoms with Crippen LogP contribution in [0.5, 0.6) is 5.75 Å². The van der Waals surface area contributed by atoms with Gasteiger partial charge in [0.05, 0.1) is 19.0 Å². The topological polar surface area (TPSA) is 47.1 Å². The van der Waals surface area contributed by atoms with Crippen LogP contribution in [0.2, 0.25) is 0 Å². The van der Waals surface area contributed by atoms with Gasteiger partial charge in [0.15, 0.2) is 5.75 Å². The third-order valence-electron chi connectivity index (χ3n) is 1.09. The van der Waals surface area contributed by atoms with Crippen LogP contribution in [0.3, 0.4) is 0 Å². The Kier molecular flexibility index (Phi) is 3.13. The normalized spacial score (nSPS) is 11.6. The number of nitrogens with zero attached hydrogens (tertiary/aromatic N) is 1. The summed E-state index contributed by atoms with van der Waals surface area (Å²) in [6, 6.07) is 0. The third-order valence-corrected chi connectivity index (χ3v) is 1.09. The standard InChI is InChI=1S/C6H7F3N2O2/c7-6(8,9)13-2-1-12-5-3-10-11-4-5/h3-4H,1-2H2,(H,10,11). The van der Waals surface area contributed by atoms with Gasteiger partial charge in [-0.25, -0.2) is 0 Å². The lowest BCUT2D eigenvalue weighted by Crippen LogP contribution is -2.18. The van der Waals surface area contributed by atoms with Crippen molar-refractivity contribution >= 4 is 0 Å². The number of hydrogen-bond donors (Lipinski definition) is 1. The van der Waals surface area contributed by atoms with Crippen molar-refractivity contribution in [1.82, 2.24) is 10.2 Å². The van der Waals surface area contributed by atoms with Crippen molar-refractivity contribution in [1.29, 1.82) is 0 Å². The first kappa shape index (κ1) is 9.85. The smallest absolute Gasteiger partial charge is 0.488 e. The van der Waals surface area contributed by atoms with Gasteiger partial charge < -0.3 is 4.74 Å². The summed E-state index contributed by atoms with van der Waals surface area (Å²) in [5.74, 6) is 0.380. The Balaban J connectivity index is 2.09. The summed E-state index contributed by atoms with van der Waals surface area (Å²) in [6.45, 7) is -0.701. The highest BCUT2D eigenvalue weighted by molar-refractivity contribution is 5.09. The molecule has 0 unspecified atom stereocenters. The monoisotopic (exact) mass is 196 g/mol. The minimum atomic E-state index is -4.60. The Morgan fingerprint density at radius 2 is 2.15 bits per heavy atom. The molecule has 0 saturated carbocycles. The van der Waals surface area contributed by atoms with E-state index in [0.717, 1.165) is 0 Å². The number of hydrogen-bond acceptors (Lipinski definition) is 3. The van der Waals surface area contributed by atoms with E-state index in [-0.39, 0.29) is 6.61 Å². The van der Waals surface area contributed by atoms with Gasteiger partial charge >= 0.3 is 6.36 Å². The maximum atomic E-state index is 11.4. The molecule has 1 aromatic rings. The van der Waals surface area contributed by atoms with Crippen LogP contribution in [0.4, 0.5) is 13.2 Å². The lowest BCUT2D eigenvalue weighted by Gasteiger charge is -2.07. The van der Waals surface area contributed by atoms with Crippen LogP contribution in [0.25, 0.3) is 0 Å². The van der Waals surface area contributed by atoms with Gasteiger partial charge in [-0.15, -0.1) is 13.2 Å². The molecule has 74 valence electrons. The highest BCUT2D eigenvalue weighted by Crippen LogP contribution is 2.15. The van der Waals surface area contributed by atoms with E-state index in [9.17, 15) is 13.2 Å². The summed E-state index contributed by atoms with van der Waals surface area (Å²) in [5.41, 5.74) is 0. The number of ether oxygens (including phenoxy) is 2. The highest BCUT2D eigenvalue weighted by atomic mass is 19.4. The molecular weight excluding hydrogens is 189 g/mol. The average molecular weight is 196 g/mol. The van der Waals surface area contributed by atoms with Crippen LogP contribution in [0.1, 0.15) is 0 Å². The van der Waals surface area contributed by atoms with Gasteiger partial charge in [0.1, 0.15) is 6.61 Å². The van der Waals surface area contributed by atoms with E-state index in [1.54, 1.807) is 0 Å². The zero-order valence-corrected chi connectivity index (χ0v) is 6.47. The Bertz CT molecular complexity index is 235. The molecule has 1 aromatic heterocycles. The predicted octanol–water partition coefficient (Wildman–Crippen LogP) is 1.32. The van der Waals surface area contributed by atoms with Crippen molar-refractivity contribution in [3.8, 4) is 5.75 Å². The fourth-order valence-corrected chi connectivity index (χ4v) is 0.635. The molecule has 0 aliphatic rings. The van der Waals surface area contributed by atoms with Crippen molar-refractivity contribution in [2.75, 3.05) is 13.2 Å². The van der Waals surface area contributed by atoms with Crippen molar-refractivity contribution in [2.45, 2.75) is 6.36 Å². The molecule has 0 aliphatic carbocycles. The first-order chi connectivity index (χ1) is 6.08. The molecule has 7 heteroatoms. The quantitative estimate of drug-likeness (QED) is 0.739. The molecule has 4 nitrogen and oxygen atoms in total. The Labute approximate surface area is 71.6 Å². The van der Waals surface area contributed by atoms with Crippen LogP contribution < -0.4 is 4.74 Å². The molecule has 1 N–H and O–H groups in total. The molecule has 0 saturated heterocycles. The molecule has 0 fully saturated rings. The predicted molar refractivity (Wildman–Crippen MR) is 36.1 cm³/mol. The van der Waals surface area contributed by atoms with Gasteiger partial charge in [-0.1, -0.05) is 0 Å². The fourth-order valence-electron chi connectivity index (χ4n) is 0.635. The van der Waals surface area contributed by atoms with Gasteiger partial charge in [0.2, 0.25) is 0 Å². The maximum Gasteiger partial charge on any atom is 0.522 e. The van der Waals surface area contributed by atoms with Gasteiger partial charge in [0, 0.05) is 0 Å². The van der Waals surface area contributed by atoms with Crippen LogP contribution in [0.15, 0.2) is 12.4 Å². The molecule has 1 heterocycles. The minimum absolute atomic E-state index is 0.168. The summed E-state index contributed by atoms with van der Waals surface area (Å²) in [4.78, 5) is 0. The summed E-state index contributed by atoms with van der Waals surface area (Å²) in [5, 5.41) is 5.99. The van der Waals surface area contributed by atoms with E-state index in [2.05, 4.69) is 14.9 Å². The lowest BCUT2D eigenvalue weighted by molar-refractivity contribution is -0.325. The van der Waals surface area contributed by atoms with E-state index >= 15 is 0 Å². The zero-order chi connectivity index (χ0) is 9.73. The van der Waals surface area contributed by atoms with Crippen LogP contribution in [-0.2, 0) is 4.74 Å². The number of nitrogens with one attached hydrogen (secondary N) is 1. The van der Waals surface area contributed by atoms with E-state index in [0.29, 0.717) is 5.75 Å². The van der Waals surface area contributed by atoms with E-state index in [4.69, 9.17) is 4.74 Å². The van der Waals surface area contributed by atoms with Crippen LogP contribution in [-0.4, -0.2) is 29.8 Å². The summed E-state index contributed by atoms with van der Waals surface area (Å²) >= 11 is 0. The second-order valence-electron chi connectivity index (χ2n) is 2.08. The number of aromatic amines is 1. The number of halogens is 3. The Hall–Kier alpha value is -1.24. The molecule has 13 heavy (non-hydrogen) atoms. The molecule has 0 aromatic carbocycles. The highest BCUT2D eigenvalue weighted by Gasteiger charge is 2.28. The minimum Gasteiger partial charge on any atom is -0.488 e. The molecule has 0 amide bonds. The van der Waals surface area contributed by atoms with Gasteiger partial charge in [-0.2, -0.15) is 5.10 Å². The molecule has 0 spiro atoms. The summed E-state index contributed by atoms with van der Waals surface area (Å²) in [6.07, 6.45) is -1.82. The lowest BCUT2D eigenvalue weighted by atomic mass is 10.6. The van der Waals surface area contributed by atoms with Crippen LogP contribution in [0, 0.1) is 0 Å². The molecule has 0 bridgehead atoms. The van der Waals surface area contributed by atoms with Crippen molar-refractivity contribution in [2.24, 2.45) is 0 Å². The van der Waals surface area contributed by atoms with Crippen molar-refractivity contribution in [3.63, 3.8) is 0 Å². The number of H-pyrrole nitrogens is 1. The maximum absolute atomic E-state index is 11.4. The Morgan fingerprint density at radius 1 is 1.38 bits per heavy atom. The molecule has 1 rings (SSSR count). The fraction of sp³-hybridized carbons (Fsp3) is 0.500. The zero-order valence-electron chi connectivity index (χ0n) is 6.47. The number of aromatic nitrogens is 2. The SMILES string of the molecule is FC(F)(F)OCCOc1cn[nH]c1. The van der Waals surface area contributed by atoms with E-state index in [1.165, 1.54) is 12.4 Å². The van der Waals surface area contributed by atoms with Crippen molar-refractivity contribution in [3.05, 3.63) is 12.4 Å². The largest absolute Gasteiger partial charge is 0.522 e. The van der Waals surface area contributed by atoms with Gasteiger partial charge in [-0.3, -0.25) is 9.84 Å². The number of alkyl halides is 3. The summed E-state index contributed by atoms with van der Waals surface area (Å²) in [7, 11) is 0. The molecular formula is C6H7F3N2O2. The molecule has 0 atom stereocenters. The van der Waals surface area contributed by atoms with Crippen molar-refractivity contribution < 1.29 is 22.6 Å². The van der Waals surface area contributed by atoms with Crippen LogP contribution >= 0.6 is 0 Å². The third kappa shape index (κ3) is 4.36. The first-order valence-corrected chi connectivity index (χ1v) is 3.40. The summed E-state index contributed by atoms with van der Waals surface area (Å²) < 4.78 is 42.6. The molecule has 0 aliphatic heterocycles. The average Bonchev–Trinajstić information content (AvgIpc) is 2.48. The second-order valence-corrected chi connectivity index (χ2v) is 2.08. The molecule has 0 radical (unpaired) electrons. The van der Waals surface area contributed by atoms with Gasteiger partial charge in [-0.05, 0) is 0 Å². The second kappa shape index (κ2) is 4.13. The van der Waals surface area contributed by atoms with E-state index in [1.807, 2.05) is 0 Å².